The number of aryl methyl sites for hydroxylation is 1. The van der Waals surface area contributed by atoms with Crippen LogP contribution in [0.1, 0.15) is 30.0 Å². The van der Waals surface area contributed by atoms with Crippen molar-refractivity contribution in [2.24, 2.45) is 5.73 Å². The summed E-state index contributed by atoms with van der Waals surface area (Å²) in [5, 5.41) is 0.731. The van der Waals surface area contributed by atoms with E-state index in [0.717, 1.165) is 35.6 Å². The summed E-state index contributed by atoms with van der Waals surface area (Å²) >= 11 is 5.99. The zero-order chi connectivity index (χ0) is 10.1. The summed E-state index contributed by atoms with van der Waals surface area (Å²) in [6, 6.07) is 3.94. The predicted octanol–water partition coefficient (Wildman–Crippen LogP) is 2.68. The topological polar surface area (TPSA) is 35.2 Å². The van der Waals surface area contributed by atoms with E-state index < -0.39 is 0 Å². The highest BCUT2D eigenvalue weighted by Crippen LogP contribution is 2.37. The van der Waals surface area contributed by atoms with Crippen LogP contribution in [0.15, 0.2) is 12.1 Å². The lowest BCUT2D eigenvalue weighted by atomic mass is 9.87. The van der Waals surface area contributed by atoms with E-state index in [9.17, 15) is 0 Å². The van der Waals surface area contributed by atoms with Gasteiger partial charge < -0.3 is 10.5 Å². The SMILES string of the molecule is COc1cc(Cl)cc2c1[C@H](N)CCC2. The molecule has 14 heavy (non-hydrogen) atoms. The van der Waals surface area contributed by atoms with Gasteiger partial charge in [0.25, 0.3) is 0 Å². The number of ether oxygens (including phenoxy) is 1. The van der Waals surface area contributed by atoms with Gasteiger partial charge in [-0.3, -0.25) is 0 Å². The van der Waals surface area contributed by atoms with Crippen LogP contribution in [0.2, 0.25) is 5.02 Å². The van der Waals surface area contributed by atoms with Gasteiger partial charge in [0.1, 0.15) is 5.75 Å². The van der Waals surface area contributed by atoms with Crippen molar-refractivity contribution in [3.8, 4) is 5.75 Å². The van der Waals surface area contributed by atoms with Crippen molar-refractivity contribution in [1.29, 1.82) is 0 Å². The Bertz CT molecular complexity index is 334. The highest BCUT2D eigenvalue weighted by Gasteiger charge is 2.21. The first-order valence-electron chi connectivity index (χ1n) is 4.84. The lowest BCUT2D eigenvalue weighted by molar-refractivity contribution is 0.399. The summed E-state index contributed by atoms with van der Waals surface area (Å²) in [4.78, 5) is 0. The minimum Gasteiger partial charge on any atom is -0.496 e. The molecule has 1 aliphatic rings. The maximum atomic E-state index is 6.05. The smallest absolute Gasteiger partial charge is 0.125 e. The van der Waals surface area contributed by atoms with E-state index in [4.69, 9.17) is 22.1 Å². The second-order valence-electron chi connectivity index (χ2n) is 3.68. The van der Waals surface area contributed by atoms with Crippen molar-refractivity contribution < 1.29 is 4.74 Å². The van der Waals surface area contributed by atoms with Gasteiger partial charge in [0, 0.05) is 16.6 Å². The zero-order valence-corrected chi connectivity index (χ0v) is 8.97. The molecule has 0 fully saturated rings. The summed E-state index contributed by atoms with van der Waals surface area (Å²) in [6.45, 7) is 0. The van der Waals surface area contributed by atoms with Gasteiger partial charge in [-0.2, -0.15) is 0 Å². The van der Waals surface area contributed by atoms with Crippen LogP contribution in [0.5, 0.6) is 5.75 Å². The maximum absolute atomic E-state index is 6.05. The fourth-order valence-corrected chi connectivity index (χ4v) is 2.33. The molecule has 1 aromatic carbocycles. The van der Waals surface area contributed by atoms with Crippen LogP contribution in [0.4, 0.5) is 0 Å². The molecule has 1 aromatic rings. The minimum atomic E-state index is 0.103. The summed E-state index contributed by atoms with van der Waals surface area (Å²) < 4.78 is 5.30. The number of hydrogen-bond acceptors (Lipinski definition) is 2. The van der Waals surface area contributed by atoms with E-state index in [1.165, 1.54) is 5.56 Å². The Hall–Kier alpha value is -0.730. The third kappa shape index (κ3) is 1.60. The van der Waals surface area contributed by atoms with Gasteiger partial charge in [-0.05, 0) is 37.0 Å². The van der Waals surface area contributed by atoms with Crippen molar-refractivity contribution in [3.05, 3.63) is 28.3 Å². The molecule has 3 heteroatoms. The minimum absolute atomic E-state index is 0.103. The Morgan fingerprint density at radius 2 is 2.29 bits per heavy atom. The molecule has 0 bridgehead atoms. The monoisotopic (exact) mass is 211 g/mol. The standard InChI is InChI=1S/C11H14ClNO/c1-14-10-6-8(12)5-7-3-2-4-9(13)11(7)10/h5-6,9H,2-4,13H2,1H3/t9-/m1/s1. The highest BCUT2D eigenvalue weighted by molar-refractivity contribution is 6.30. The van der Waals surface area contributed by atoms with Crippen molar-refractivity contribution >= 4 is 11.6 Å². The van der Waals surface area contributed by atoms with E-state index in [2.05, 4.69) is 0 Å². The molecule has 1 atom stereocenters. The molecule has 0 saturated carbocycles. The summed E-state index contributed by atoms with van der Waals surface area (Å²) in [6.07, 6.45) is 3.22. The van der Waals surface area contributed by atoms with Crippen LogP contribution >= 0.6 is 11.6 Å². The molecule has 2 rings (SSSR count). The van der Waals surface area contributed by atoms with Crippen LogP contribution in [-0.4, -0.2) is 7.11 Å². The number of benzene rings is 1. The van der Waals surface area contributed by atoms with E-state index in [-0.39, 0.29) is 6.04 Å². The predicted molar refractivity (Wildman–Crippen MR) is 57.9 cm³/mol. The highest BCUT2D eigenvalue weighted by atomic mass is 35.5. The third-order valence-corrected chi connectivity index (χ3v) is 2.96. The Kier molecular flexibility index (Phi) is 2.66. The van der Waals surface area contributed by atoms with Crippen LogP contribution in [-0.2, 0) is 6.42 Å². The molecule has 0 aliphatic heterocycles. The van der Waals surface area contributed by atoms with E-state index >= 15 is 0 Å². The summed E-state index contributed by atoms with van der Waals surface area (Å²) in [5.74, 6) is 0.833. The average molecular weight is 212 g/mol. The Balaban J connectivity index is 2.55. The van der Waals surface area contributed by atoms with Gasteiger partial charge in [0.05, 0.1) is 7.11 Å². The Labute approximate surface area is 89.0 Å². The number of rotatable bonds is 1. The van der Waals surface area contributed by atoms with Gasteiger partial charge in [0.15, 0.2) is 0 Å². The van der Waals surface area contributed by atoms with Crippen LogP contribution in [0.25, 0.3) is 0 Å². The normalized spacial score (nSPS) is 20.4. The number of halogens is 1. The van der Waals surface area contributed by atoms with Crippen molar-refractivity contribution in [2.45, 2.75) is 25.3 Å². The summed E-state index contributed by atoms with van der Waals surface area (Å²) in [5.41, 5.74) is 8.44. The van der Waals surface area contributed by atoms with Gasteiger partial charge in [-0.25, -0.2) is 0 Å². The maximum Gasteiger partial charge on any atom is 0.125 e. The second-order valence-corrected chi connectivity index (χ2v) is 4.12. The first-order valence-corrected chi connectivity index (χ1v) is 5.22. The van der Waals surface area contributed by atoms with Gasteiger partial charge in [-0.1, -0.05) is 11.6 Å². The first kappa shape index (κ1) is 9.81. The Morgan fingerprint density at radius 1 is 1.50 bits per heavy atom. The lowest BCUT2D eigenvalue weighted by Gasteiger charge is -2.24. The van der Waals surface area contributed by atoms with Crippen LogP contribution < -0.4 is 10.5 Å². The zero-order valence-electron chi connectivity index (χ0n) is 8.22. The number of methoxy groups -OCH3 is 1. The number of fused-ring (bicyclic) bond motifs is 1. The Morgan fingerprint density at radius 3 is 3.00 bits per heavy atom. The molecular weight excluding hydrogens is 198 g/mol. The van der Waals surface area contributed by atoms with Crippen LogP contribution in [0.3, 0.4) is 0 Å². The summed E-state index contributed by atoms with van der Waals surface area (Å²) in [7, 11) is 1.66. The molecule has 2 nitrogen and oxygen atoms in total. The van der Waals surface area contributed by atoms with Gasteiger partial charge in [0.2, 0.25) is 0 Å². The van der Waals surface area contributed by atoms with E-state index in [1.807, 2.05) is 12.1 Å². The van der Waals surface area contributed by atoms with Crippen LogP contribution in [0, 0.1) is 0 Å². The lowest BCUT2D eigenvalue weighted by Crippen LogP contribution is -2.18. The molecule has 0 amide bonds. The van der Waals surface area contributed by atoms with Gasteiger partial charge >= 0.3 is 0 Å². The molecule has 76 valence electrons. The number of hydrogen-bond donors (Lipinski definition) is 1. The van der Waals surface area contributed by atoms with E-state index in [1.54, 1.807) is 7.11 Å². The van der Waals surface area contributed by atoms with E-state index in [0.29, 0.717) is 0 Å². The van der Waals surface area contributed by atoms with Gasteiger partial charge in [-0.15, -0.1) is 0 Å². The largest absolute Gasteiger partial charge is 0.496 e. The van der Waals surface area contributed by atoms with Crippen molar-refractivity contribution in [2.75, 3.05) is 7.11 Å². The third-order valence-electron chi connectivity index (χ3n) is 2.74. The quantitative estimate of drug-likeness (QED) is 0.775. The first-order chi connectivity index (χ1) is 6.72. The molecule has 0 heterocycles. The van der Waals surface area contributed by atoms with Crippen molar-refractivity contribution in [1.82, 2.24) is 0 Å². The molecule has 0 saturated heterocycles. The fourth-order valence-electron chi connectivity index (χ4n) is 2.10. The van der Waals surface area contributed by atoms with Crippen molar-refractivity contribution in [3.63, 3.8) is 0 Å². The molecule has 0 spiro atoms. The fraction of sp³-hybridized carbons (Fsp3) is 0.455. The average Bonchev–Trinajstić information content (AvgIpc) is 2.16. The molecule has 0 aromatic heterocycles. The molecule has 2 N–H and O–H groups in total. The molecular formula is C11H14ClNO. The molecule has 0 unspecified atom stereocenters. The molecule has 0 radical (unpaired) electrons. The molecule has 1 aliphatic carbocycles. The number of nitrogens with two attached hydrogens (primary N) is 1. The second kappa shape index (κ2) is 3.79.